The van der Waals surface area contributed by atoms with Crippen molar-refractivity contribution in [2.45, 2.75) is 24.3 Å². The van der Waals surface area contributed by atoms with Gasteiger partial charge in [-0.25, -0.2) is 17.2 Å². The zero-order chi connectivity index (χ0) is 22.4. The van der Waals surface area contributed by atoms with Crippen LogP contribution in [-0.2, 0) is 14.8 Å². The third-order valence-electron chi connectivity index (χ3n) is 4.32. The fourth-order valence-corrected chi connectivity index (χ4v) is 3.77. The van der Waals surface area contributed by atoms with E-state index < -0.39 is 33.7 Å². The molecule has 3 rings (SSSR count). The van der Waals surface area contributed by atoms with Crippen molar-refractivity contribution < 1.29 is 26.7 Å². The Morgan fingerprint density at radius 2 is 1.55 bits per heavy atom. The van der Waals surface area contributed by atoms with E-state index in [0.717, 1.165) is 6.07 Å². The lowest BCUT2D eigenvalue weighted by molar-refractivity contribution is -0.122. The molecule has 0 aromatic heterocycles. The third-order valence-corrected chi connectivity index (χ3v) is 5.70. The summed E-state index contributed by atoms with van der Waals surface area (Å²) in [5.74, 6) is -1.82. The van der Waals surface area contributed by atoms with Gasteiger partial charge in [0.15, 0.2) is 17.7 Å². The van der Waals surface area contributed by atoms with Crippen LogP contribution in [0.25, 0.3) is 0 Å². The average molecular weight is 446 g/mol. The van der Waals surface area contributed by atoms with Crippen LogP contribution in [0.1, 0.15) is 13.3 Å². The zero-order valence-electron chi connectivity index (χ0n) is 16.5. The van der Waals surface area contributed by atoms with Gasteiger partial charge < -0.3 is 10.1 Å². The Hall–Kier alpha value is -3.46. The molecule has 0 radical (unpaired) electrons. The van der Waals surface area contributed by atoms with Crippen LogP contribution in [0.5, 0.6) is 5.75 Å². The molecule has 3 aromatic carbocycles. The van der Waals surface area contributed by atoms with Crippen LogP contribution in [0, 0.1) is 11.6 Å². The minimum Gasteiger partial charge on any atom is -0.478 e. The highest BCUT2D eigenvalue weighted by Crippen LogP contribution is 2.22. The van der Waals surface area contributed by atoms with Gasteiger partial charge >= 0.3 is 0 Å². The van der Waals surface area contributed by atoms with E-state index in [4.69, 9.17) is 4.74 Å². The molecule has 2 N–H and O–H groups in total. The number of para-hydroxylation sites is 2. The highest BCUT2D eigenvalue weighted by molar-refractivity contribution is 7.92. The average Bonchev–Trinajstić information content (AvgIpc) is 2.75. The summed E-state index contributed by atoms with van der Waals surface area (Å²) in [6.07, 6.45) is -0.651. The molecule has 0 spiro atoms. The van der Waals surface area contributed by atoms with Crippen molar-refractivity contribution in [3.63, 3.8) is 0 Å². The van der Waals surface area contributed by atoms with Gasteiger partial charge in [-0.3, -0.25) is 9.52 Å². The monoisotopic (exact) mass is 446 g/mol. The van der Waals surface area contributed by atoms with Gasteiger partial charge in [0.25, 0.3) is 15.9 Å². The number of sulfonamides is 1. The first-order valence-electron chi connectivity index (χ1n) is 9.39. The molecule has 31 heavy (non-hydrogen) atoms. The fraction of sp³-hybridized carbons (Fsp3) is 0.136. The van der Waals surface area contributed by atoms with Crippen molar-refractivity contribution in [2.24, 2.45) is 0 Å². The molecule has 1 atom stereocenters. The fourth-order valence-electron chi connectivity index (χ4n) is 2.70. The second kappa shape index (κ2) is 9.57. The Kier molecular flexibility index (Phi) is 6.86. The maximum absolute atomic E-state index is 13.8. The summed E-state index contributed by atoms with van der Waals surface area (Å²) in [6, 6.07) is 16.5. The van der Waals surface area contributed by atoms with Gasteiger partial charge in [-0.1, -0.05) is 31.2 Å². The van der Waals surface area contributed by atoms with Crippen molar-refractivity contribution >= 4 is 27.3 Å². The summed E-state index contributed by atoms with van der Waals surface area (Å²) in [6.45, 7) is 1.72. The molecule has 3 aromatic rings. The van der Waals surface area contributed by atoms with E-state index in [9.17, 15) is 22.0 Å². The normalized spacial score (nSPS) is 12.1. The van der Waals surface area contributed by atoms with Crippen LogP contribution in [0.3, 0.4) is 0 Å². The lowest BCUT2D eigenvalue weighted by Crippen LogP contribution is -2.32. The topological polar surface area (TPSA) is 84.5 Å². The van der Waals surface area contributed by atoms with E-state index in [1.807, 2.05) is 0 Å². The van der Waals surface area contributed by atoms with Gasteiger partial charge in [-0.2, -0.15) is 0 Å². The molecular formula is C22H20F2N2O4S. The number of benzene rings is 3. The van der Waals surface area contributed by atoms with E-state index in [1.54, 1.807) is 13.0 Å². The SMILES string of the molecule is CC[C@H](Oc1ccccc1F)C(=O)Nc1ccc(S(=O)(=O)Nc2ccccc2F)cc1. The van der Waals surface area contributed by atoms with E-state index in [0.29, 0.717) is 12.1 Å². The third kappa shape index (κ3) is 5.58. The number of carbonyl (C=O) groups excluding carboxylic acids is 1. The van der Waals surface area contributed by atoms with Gasteiger partial charge in [0.2, 0.25) is 0 Å². The molecule has 9 heteroatoms. The molecule has 0 saturated carbocycles. The molecule has 0 fully saturated rings. The van der Waals surface area contributed by atoms with Crippen molar-refractivity contribution in [3.8, 4) is 5.75 Å². The van der Waals surface area contributed by atoms with Gasteiger partial charge in [0, 0.05) is 5.69 Å². The summed E-state index contributed by atoms with van der Waals surface area (Å²) in [4.78, 5) is 12.4. The number of amides is 1. The number of anilines is 2. The molecule has 162 valence electrons. The molecule has 0 saturated heterocycles. The minimum absolute atomic E-state index is 0.0369. The molecule has 0 unspecified atom stereocenters. The van der Waals surface area contributed by atoms with Crippen LogP contribution in [0.15, 0.2) is 77.7 Å². The van der Waals surface area contributed by atoms with Gasteiger partial charge in [0.05, 0.1) is 10.6 Å². The number of ether oxygens (including phenoxy) is 1. The first kappa shape index (κ1) is 22.2. The molecule has 1 amide bonds. The Labute approximate surface area is 178 Å². The predicted octanol–water partition coefficient (Wildman–Crippen LogP) is 4.56. The molecular weight excluding hydrogens is 426 g/mol. The largest absolute Gasteiger partial charge is 0.478 e. The summed E-state index contributed by atoms with van der Waals surface area (Å²) in [7, 11) is -4.02. The van der Waals surface area contributed by atoms with E-state index >= 15 is 0 Å². The molecule has 0 aliphatic carbocycles. The highest BCUT2D eigenvalue weighted by Gasteiger charge is 2.21. The number of rotatable bonds is 8. The van der Waals surface area contributed by atoms with Crippen LogP contribution in [-0.4, -0.2) is 20.4 Å². The molecule has 0 bridgehead atoms. The predicted molar refractivity (Wildman–Crippen MR) is 113 cm³/mol. The summed E-state index contributed by atoms with van der Waals surface area (Å²) in [5.41, 5.74) is 0.154. The summed E-state index contributed by atoms with van der Waals surface area (Å²) < 4.78 is 60.0. The van der Waals surface area contributed by atoms with E-state index in [1.165, 1.54) is 60.7 Å². The first-order chi connectivity index (χ1) is 14.8. The summed E-state index contributed by atoms with van der Waals surface area (Å²) >= 11 is 0. The Morgan fingerprint density at radius 3 is 2.16 bits per heavy atom. The quantitative estimate of drug-likeness (QED) is 0.531. The maximum atomic E-state index is 13.8. The van der Waals surface area contributed by atoms with Crippen molar-refractivity contribution in [2.75, 3.05) is 10.0 Å². The molecule has 0 aliphatic heterocycles. The number of carbonyl (C=O) groups is 1. The zero-order valence-corrected chi connectivity index (χ0v) is 17.3. The van der Waals surface area contributed by atoms with E-state index in [-0.39, 0.29) is 16.3 Å². The van der Waals surface area contributed by atoms with Gasteiger partial charge in [-0.15, -0.1) is 0 Å². The molecule has 6 nitrogen and oxygen atoms in total. The van der Waals surface area contributed by atoms with Crippen LogP contribution in [0.2, 0.25) is 0 Å². The number of hydrogen-bond acceptors (Lipinski definition) is 4. The minimum atomic E-state index is -4.02. The maximum Gasteiger partial charge on any atom is 0.265 e. The van der Waals surface area contributed by atoms with Crippen molar-refractivity contribution in [3.05, 3.63) is 84.4 Å². The van der Waals surface area contributed by atoms with Crippen LogP contribution in [0.4, 0.5) is 20.2 Å². The highest BCUT2D eigenvalue weighted by atomic mass is 32.2. The van der Waals surface area contributed by atoms with Crippen LogP contribution >= 0.6 is 0 Å². The summed E-state index contributed by atoms with van der Waals surface area (Å²) in [5, 5.41) is 2.61. The lowest BCUT2D eigenvalue weighted by Gasteiger charge is -2.17. The molecule has 0 aliphatic rings. The Bertz CT molecular complexity index is 1170. The number of hydrogen-bond donors (Lipinski definition) is 2. The van der Waals surface area contributed by atoms with Crippen molar-refractivity contribution in [1.29, 1.82) is 0 Å². The second-order valence-corrected chi connectivity index (χ2v) is 8.23. The lowest BCUT2D eigenvalue weighted by atomic mass is 10.2. The van der Waals surface area contributed by atoms with Crippen molar-refractivity contribution in [1.82, 2.24) is 0 Å². The second-order valence-electron chi connectivity index (χ2n) is 6.54. The number of nitrogens with one attached hydrogen (secondary N) is 2. The Morgan fingerprint density at radius 1 is 0.935 bits per heavy atom. The molecule has 0 heterocycles. The number of halogens is 2. The standard InChI is InChI=1S/C22H20F2N2O4S/c1-2-20(30-21-10-6-4-8-18(21)24)22(27)25-15-11-13-16(14-12-15)31(28,29)26-19-9-5-3-7-17(19)23/h3-14,20,26H,2H2,1H3,(H,25,27)/t20-/m0/s1. The van der Waals surface area contributed by atoms with E-state index in [2.05, 4.69) is 10.0 Å². The Balaban J connectivity index is 1.68. The first-order valence-corrected chi connectivity index (χ1v) is 10.9. The van der Waals surface area contributed by atoms with Gasteiger partial charge in [0.1, 0.15) is 5.82 Å². The van der Waals surface area contributed by atoms with Crippen LogP contribution < -0.4 is 14.8 Å². The van der Waals surface area contributed by atoms with Gasteiger partial charge in [-0.05, 0) is 55.0 Å². The smallest absolute Gasteiger partial charge is 0.265 e.